The summed E-state index contributed by atoms with van der Waals surface area (Å²) in [6.07, 6.45) is 3.00. The van der Waals surface area contributed by atoms with E-state index in [1.54, 1.807) is 0 Å². The van der Waals surface area contributed by atoms with Crippen molar-refractivity contribution in [3.05, 3.63) is 12.7 Å². The van der Waals surface area contributed by atoms with E-state index in [1.165, 1.54) is 0 Å². The predicted octanol–water partition coefficient (Wildman–Crippen LogP) is 1.71. The minimum Gasteiger partial charge on any atom is -0.347 e. The molecule has 1 fully saturated rings. The first-order valence-corrected chi connectivity index (χ1v) is 3.66. The molecule has 0 N–H and O–H groups in total. The van der Waals surface area contributed by atoms with E-state index in [0.717, 1.165) is 6.42 Å². The van der Waals surface area contributed by atoms with Gasteiger partial charge in [0.05, 0.1) is 12.2 Å². The zero-order valence-electron chi connectivity index (χ0n) is 6.54. The van der Waals surface area contributed by atoms with Gasteiger partial charge < -0.3 is 9.47 Å². The number of hydrogen-bond acceptors (Lipinski definition) is 2. The topological polar surface area (TPSA) is 18.5 Å². The van der Waals surface area contributed by atoms with E-state index in [4.69, 9.17) is 9.47 Å². The zero-order valence-corrected chi connectivity index (χ0v) is 6.54. The van der Waals surface area contributed by atoms with Gasteiger partial charge in [-0.05, 0) is 13.8 Å². The quantitative estimate of drug-likeness (QED) is 0.546. The summed E-state index contributed by atoms with van der Waals surface area (Å²) >= 11 is 0. The third-order valence-corrected chi connectivity index (χ3v) is 1.75. The van der Waals surface area contributed by atoms with E-state index in [2.05, 4.69) is 6.58 Å². The molecule has 2 heteroatoms. The third-order valence-electron chi connectivity index (χ3n) is 1.75. The van der Waals surface area contributed by atoms with Crippen molar-refractivity contribution < 1.29 is 9.47 Å². The molecule has 10 heavy (non-hydrogen) atoms. The van der Waals surface area contributed by atoms with Crippen molar-refractivity contribution in [3.63, 3.8) is 0 Å². The van der Waals surface area contributed by atoms with E-state index in [1.807, 2.05) is 19.9 Å². The molecule has 0 aromatic rings. The molecule has 0 aliphatic carbocycles. The maximum Gasteiger partial charge on any atom is 0.161 e. The Bertz CT molecular complexity index is 112. The average Bonchev–Trinajstić information content (AvgIpc) is 2.14. The highest BCUT2D eigenvalue weighted by Crippen LogP contribution is 2.20. The maximum atomic E-state index is 5.42. The van der Waals surface area contributed by atoms with E-state index < -0.39 is 0 Å². The first kappa shape index (κ1) is 7.76. The predicted molar refractivity (Wildman–Crippen MR) is 39.7 cm³/mol. The van der Waals surface area contributed by atoms with E-state index in [9.17, 15) is 0 Å². The zero-order chi connectivity index (χ0) is 7.56. The summed E-state index contributed by atoms with van der Waals surface area (Å²) < 4.78 is 10.8. The van der Waals surface area contributed by atoms with Gasteiger partial charge in [0.2, 0.25) is 0 Å². The Morgan fingerprint density at radius 1 is 1.30 bits per heavy atom. The van der Waals surface area contributed by atoms with Crippen LogP contribution in [-0.4, -0.2) is 18.5 Å². The molecule has 58 valence electrons. The van der Waals surface area contributed by atoms with E-state index in [0.29, 0.717) is 0 Å². The average molecular weight is 142 g/mol. The smallest absolute Gasteiger partial charge is 0.161 e. The Morgan fingerprint density at radius 2 is 1.80 bits per heavy atom. The van der Waals surface area contributed by atoms with Crippen molar-refractivity contribution in [2.24, 2.45) is 0 Å². The van der Waals surface area contributed by atoms with Crippen molar-refractivity contribution in [1.82, 2.24) is 0 Å². The fraction of sp³-hybridized carbons (Fsp3) is 0.750. The number of ether oxygens (including phenoxy) is 2. The van der Waals surface area contributed by atoms with Crippen molar-refractivity contribution in [2.75, 3.05) is 0 Å². The van der Waals surface area contributed by atoms with Crippen LogP contribution in [0.4, 0.5) is 0 Å². The van der Waals surface area contributed by atoms with Crippen molar-refractivity contribution in [3.8, 4) is 0 Å². The number of hydrogen-bond donors (Lipinski definition) is 0. The molecule has 2 atom stereocenters. The first-order chi connectivity index (χ1) is 4.74. The lowest BCUT2D eigenvalue weighted by Gasteiger charge is -2.04. The van der Waals surface area contributed by atoms with Gasteiger partial charge in [0.1, 0.15) is 0 Å². The lowest BCUT2D eigenvalue weighted by molar-refractivity contribution is -0.0588. The molecule has 1 aliphatic heterocycles. The van der Waals surface area contributed by atoms with Crippen LogP contribution in [0.25, 0.3) is 0 Å². The molecule has 0 aromatic heterocycles. The van der Waals surface area contributed by atoms with Crippen molar-refractivity contribution >= 4 is 0 Å². The molecule has 1 saturated heterocycles. The fourth-order valence-corrected chi connectivity index (χ4v) is 0.979. The Hall–Kier alpha value is -0.340. The minimum atomic E-state index is -0.0532. The normalized spacial score (nSPS) is 34.6. The van der Waals surface area contributed by atoms with Crippen LogP contribution in [0.3, 0.4) is 0 Å². The second-order valence-corrected chi connectivity index (χ2v) is 2.64. The maximum absolute atomic E-state index is 5.42. The van der Waals surface area contributed by atoms with Gasteiger partial charge in [-0.1, -0.05) is 6.08 Å². The minimum absolute atomic E-state index is 0.0532. The number of rotatable bonds is 2. The summed E-state index contributed by atoms with van der Waals surface area (Å²) in [5, 5.41) is 0. The molecule has 2 nitrogen and oxygen atoms in total. The highest BCUT2D eigenvalue weighted by atomic mass is 16.7. The van der Waals surface area contributed by atoms with Crippen LogP contribution in [-0.2, 0) is 9.47 Å². The Morgan fingerprint density at radius 3 is 2.20 bits per heavy atom. The summed E-state index contributed by atoms with van der Waals surface area (Å²) in [5.41, 5.74) is 0. The summed E-state index contributed by atoms with van der Waals surface area (Å²) in [6, 6.07) is 0. The van der Waals surface area contributed by atoms with Crippen LogP contribution in [0.5, 0.6) is 0 Å². The van der Waals surface area contributed by atoms with Crippen LogP contribution in [0.2, 0.25) is 0 Å². The van der Waals surface area contributed by atoms with Gasteiger partial charge in [0.15, 0.2) is 6.29 Å². The molecule has 0 saturated carbocycles. The molecule has 0 bridgehead atoms. The molecular weight excluding hydrogens is 128 g/mol. The molecule has 0 aromatic carbocycles. The van der Waals surface area contributed by atoms with E-state index in [-0.39, 0.29) is 18.5 Å². The van der Waals surface area contributed by atoms with Gasteiger partial charge in [-0.2, -0.15) is 0 Å². The lowest BCUT2D eigenvalue weighted by Crippen LogP contribution is -2.13. The van der Waals surface area contributed by atoms with Gasteiger partial charge in [-0.25, -0.2) is 0 Å². The third kappa shape index (κ3) is 1.58. The Labute approximate surface area is 61.8 Å². The van der Waals surface area contributed by atoms with Crippen LogP contribution < -0.4 is 0 Å². The highest BCUT2D eigenvalue weighted by Gasteiger charge is 2.28. The lowest BCUT2D eigenvalue weighted by atomic mass is 10.3. The molecule has 1 heterocycles. The highest BCUT2D eigenvalue weighted by molar-refractivity contribution is 4.75. The summed E-state index contributed by atoms with van der Waals surface area (Å²) in [6.45, 7) is 7.66. The monoisotopic (exact) mass is 142 g/mol. The van der Waals surface area contributed by atoms with Gasteiger partial charge in [-0.3, -0.25) is 0 Å². The van der Waals surface area contributed by atoms with Crippen molar-refractivity contribution in [2.45, 2.75) is 38.8 Å². The van der Waals surface area contributed by atoms with Crippen LogP contribution in [0.15, 0.2) is 12.7 Å². The van der Waals surface area contributed by atoms with Gasteiger partial charge in [0.25, 0.3) is 0 Å². The van der Waals surface area contributed by atoms with Gasteiger partial charge in [0, 0.05) is 6.42 Å². The molecule has 0 radical (unpaired) electrons. The second-order valence-electron chi connectivity index (χ2n) is 2.64. The first-order valence-electron chi connectivity index (χ1n) is 3.66. The standard InChI is InChI=1S/C8H14O2/c1-4-5-8-9-6(2)7(3)10-8/h4,6-8H,1,5H2,2-3H3/t6-,7-/m1/s1. The van der Waals surface area contributed by atoms with Gasteiger partial charge >= 0.3 is 0 Å². The van der Waals surface area contributed by atoms with E-state index >= 15 is 0 Å². The molecule has 1 aliphatic rings. The largest absolute Gasteiger partial charge is 0.347 e. The molecular formula is C8H14O2. The molecule has 1 rings (SSSR count). The fourth-order valence-electron chi connectivity index (χ4n) is 0.979. The van der Waals surface area contributed by atoms with Crippen molar-refractivity contribution in [1.29, 1.82) is 0 Å². The molecule has 0 spiro atoms. The Kier molecular flexibility index (Phi) is 2.46. The summed E-state index contributed by atoms with van der Waals surface area (Å²) in [5.74, 6) is 0. The molecule has 0 amide bonds. The van der Waals surface area contributed by atoms with Crippen LogP contribution in [0.1, 0.15) is 20.3 Å². The second kappa shape index (κ2) is 3.17. The summed E-state index contributed by atoms with van der Waals surface area (Å²) in [7, 11) is 0. The van der Waals surface area contributed by atoms with Crippen LogP contribution >= 0.6 is 0 Å². The molecule has 0 unspecified atom stereocenters. The summed E-state index contributed by atoms with van der Waals surface area (Å²) in [4.78, 5) is 0. The van der Waals surface area contributed by atoms with Gasteiger partial charge in [-0.15, -0.1) is 6.58 Å². The van der Waals surface area contributed by atoms with Crippen LogP contribution in [0, 0.1) is 0 Å². The SMILES string of the molecule is C=CCC1O[C@H](C)[C@@H](C)O1. The Balaban J connectivity index is 2.33.